The second-order valence-corrected chi connectivity index (χ2v) is 3.95. The fraction of sp³-hybridized carbons (Fsp3) is 0.333. The molecule has 17 heavy (non-hydrogen) atoms. The van der Waals surface area contributed by atoms with Crippen molar-refractivity contribution >= 4 is 0 Å². The Kier molecular flexibility index (Phi) is 3.17. The second-order valence-electron chi connectivity index (χ2n) is 3.95. The SMILES string of the molecule is Fc1c(F)c(F)c([C@@H]2C=CCCC2)c(F)c1F. The lowest BCUT2D eigenvalue weighted by atomic mass is 9.88. The Balaban J connectivity index is 2.60. The predicted octanol–water partition coefficient (Wildman–Crippen LogP) is 4.21. The molecular formula is C12H9F5. The maximum absolute atomic E-state index is 13.4. The van der Waals surface area contributed by atoms with E-state index in [1.165, 1.54) is 6.08 Å². The topological polar surface area (TPSA) is 0 Å². The molecule has 0 amide bonds. The standard InChI is InChI=1S/C12H9F5/c13-8-7(6-4-2-1-3-5-6)9(14)11(16)12(17)10(8)15/h2,4,6H,1,3,5H2/t6-/m1/s1. The molecule has 0 saturated carbocycles. The molecule has 5 heteroatoms. The fourth-order valence-corrected chi connectivity index (χ4v) is 2.00. The summed E-state index contributed by atoms with van der Waals surface area (Å²) in [6, 6.07) is 0. The molecule has 0 radical (unpaired) electrons. The summed E-state index contributed by atoms with van der Waals surface area (Å²) in [5, 5.41) is 0. The Morgan fingerprint density at radius 2 is 1.35 bits per heavy atom. The molecule has 0 N–H and O–H groups in total. The highest BCUT2D eigenvalue weighted by molar-refractivity contribution is 5.30. The van der Waals surface area contributed by atoms with Crippen molar-refractivity contribution in [3.05, 3.63) is 46.8 Å². The molecule has 1 aromatic carbocycles. The zero-order chi connectivity index (χ0) is 12.6. The molecule has 0 saturated heterocycles. The largest absolute Gasteiger partial charge is 0.203 e. The van der Waals surface area contributed by atoms with E-state index in [0.717, 1.165) is 6.42 Å². The van der Waals surface area contributed by atoms with E-state index in [1.807, 2.05) is 0 Å². The van der Waals surface area contributed by atoms with Crippen LogP contribution in [0.4, 0.5) is 22.0 Å². The van der Waals surface area contributed by atoms with Crippen LogP contribution in [0.25, 0.3) is 0 Å². The first kappa shape index (κ1) is 12.1. The Hall–Kier alpha value is -1.39. The van der Waals surface area contributed by atoms with E-state index in [4.69, 9.17) is 0 Å². The van der Waals surface area contributed by atoms with Gasteiger partial charge in [-0.2, -0.15) is 0 Å². The highest BCUT2D eigenvalue weighted by Gasteiger charge is 2.29. The maximum atomic E-state index is 13.4. The lowest BCUT2D eigenvalue weighted by molar-refractivity contribution is 0.365. The van der Waals surface area contributed by atoms with E-state index in [2.05, 4.69) is 0 Å². The van der Waals surface area contributed by atoms with Crippen LogP contribution in [-0.2, 0) is 0 Å². The highest BCUT2D eigenvalue weighted by atomic mass is 19.2. The van der Waals surface area contributed by atoms with Gasteiger partial charge in [-0.05, 0) is 19.3 Å². The zero-order valence-electron chi connectivity index (χ0n) is 8.74. The molecule has 0 bridgehead atoms. The molecule has 1 aromatic rings. The van der Waals surface area contributed by atoms with E-state index in [1.54, 1.807) is 6.08 Å². The van der Waals surface area contributed by atoms with Gasteiger partial charge >= 0.3 is 0 Å². The van der Waals surface area contributed by atoms with Gasteiger partial charge in [0.25, 0.3) is 0 Å². The molecule has 0 aromatic heterocycles. The molecule has 1 atom stereocenters. The third-order valence-corrected chi connectivity index (χ3v) is 2.87. The summed E-state index contributed by atoms with van der Waals surface area (Å²) in [7, 11) is 0. The number of hydrogen-bond donors (Lipinski definition) is 0. The van der Waals surface area contributed by atoms with Crippen molar-refractivity contribution in [3.63, 3.8) is 0 Å². The van der Waals surface area contributed by atoms with Crippen LogP contribution in [0.1, 0.15) is 30.7 Å². The fourth-order valence-electron chi connectivity index (χ4n) is 2.00. The zero-order valence-corrected chi connectivity index (χ0v) is 8.74. The molecule has 1 aliphatic rings. The lowest BCUT2D eigenvalue weighted by Gasteiger charge is -2.18. The van der Waals surface area contributed by atoms with Crippen LogP contribution in [0.2, 0.25) is 0 Å². The molecule has 92 valence electrons. The van der Waals surface area contributed by atoms with Crippen molar-refractivity contribution in [2.75, 3.05) is 0 Å². The van der Waals surface area contributed by atoms with E-state index in [0.29, 0.717) is 12.8 Å². The van der Waals surface area contributed by atoms with Gasteiger partial charge in [-0.1, -0.05) is 12.2 Å². The minimum atomic E-state index is -2.11. The van der Waals surface area contributed by atoms with Crippen LogP contribution < -0.4 is 0 Å². The first-order chi connectivity index (χ1) is 8.04. The molecule has 0 aliphatic heterocycles. The van der Waals surface area contributed by atoms with Crippen molar-refractivity contribution in [2.45, 2.75) is 25.2 Å². The minimum absolute atomic E-state index is 0.384. The Morgan fingerprint density at radius 1 is 0.824 bits per heavy atom. The smallest absolute Gasteiger partial charge is 0.200 e. The molecule has 0 unspecified atom stereocenters. The van der Waals surface area contributed by atoms with Crippen molar-refractivity contribution < 1.29 is 22.0 Å². The molecular weight excluding hydrogens is 239 g/mol. The quantitative estimate of drug-likeness (QED) is 0.302. The number of hydrogen-bond acceptors (Lipinski definition) is 0. The van der Waals surface area contributed by atoms with Crippen molar-refractivity contribution in [3.8, 4) is 0 Å². The van der Waals surface area contributed by atoms with E-state index < -0.39 is 40.6 Å². The summed E-state index contributed by atoms with van der Waals surface area (Å²) in [5.74, 6) is -10.1. The number of allylic oxidation sites excluding steroid dienone is 2. The van der Waals surface area contributed by atoms with Gasteiger partial charge in [0, 0.05) is 11.5 Å². The molecule has 0 heterocycles. The van der Waals surface area contributed by atoms with Crippen molar-refractivity contribution in [2.24, 2.45) is 0 Å². The molecule has 0 fully saturated rings. The molecule has 2 rings (SSSR count). The van der Waals surface area contributed by atoms with Gasteiger partial charge in [-0.3, -0.25) is 0 Å². The first-order valence-electron chi connectivity index (χ1n) is 5.22. The third kappa shape index (κ3) is 1.94. The first-order valence-corrected chi connectivity index (χ1v) is 5.22. The summed E-state index contributed by atoms with van der Waals surface area (Å²) in [5.41, 5.74) is -0.725. The Labute approximate surface area is 94.8 Å². The predicted molar refractivity (Wildman–Crippen MR) is 52.0 cm³/mol. The van der Waals surface area contributed by atoms with Gasteiger partial charge in [0.2, 0.25) is 5.82 Å². The van der Waals surface area contributed by atoms with E-state index in [-0.39, 0.29) is 0 Å². The molecule has 0 nitrogen and oxygen atoms in total. The van der Waals surface area contributed by atoms with Crippen molar-refractivity contribution in [1.29, 1.82) is 0 Å². The highest BCUT2D eigenvalue weighted by Crippen LogP contribution is 2.34. The summed E-state index contributed by atoms with van der Waals surface area (Å²) < 4.78 is 65.6. The Morgan fingerprint density at radius 3 is 1.82 bits per heavy atom. The maximum Gasteiger partial charge on any atom is 0.200 e. The lowest BCUT2D eigenvalue weighted by Crippen LogP contribution is -2.11. The number of halogens is 5. The number of benzene rings is 1. The van der Waals surface area contributed by atoms with Gasteiger partial charge in [0.15, 0.2) is 23.3 Å². The van der Waals surface area contributed by atoms with Gasteiger partial charge in [0.1, 0.15) is 0 Å². The summed E-state index contributed by atoms with van der Waals surface area (Å²) in [6.07, 6.45) is 4.98. The van der Waals surface area contributed by atoms with Crippen LogP contribution in [0.15, 0.2) is 12.2 Å². The summed E-state index contributed by atoms with van der Waals surface area (Å²) in [4.78, 5) is 0. The van der Waals surface area contributed by atoms with Gasteiger partial charge < -0.3 is 0 Å². The summed E-state index contributed by atoms with van der Waals surface area (Å²) in [6.45, 7) is 0. The van der Waals surface area contributed by atoms with Crippen LogP contribution in [0.3, 0.4) is 0 Å². The van der Waals surface area contributed by atoms with Crippen LogP contribution in [0, 0.1) is 29.1 Å². The van der Waals surface area contributed by atoms with Gasteiger partial charge in [0.05, 0.1) is 0 Å². The monoisotopic (exact) mass is 248 g/mol. The van der Waals surface area contributed by atoms with Gasteiger partial charge in [-0.25, -0.2) is 22.0 Å². The second kappa shape index (κ2) is 4.47. The van der Waals surface area contributed by atoms with Crippen molar-refractivity contribution in [1.82, 2.24) is 0 Å². The minimum Gasteiger partial charge on any atom is -0.203 e. The van der Waals surface area contributed by atoms with Gasteiger partial charge in [-0.15, -0.1) is 0 Å². The van der Waals surface area contributed by atoms with Crippen LogP contribution in [-0.4, -0.2) is 0 Å². The van der Waals surface area contributed by atoms with Crippen LogP contribution >= 0.6 is 0 Å². The molecule has 1 aliphatic carbocycles. The molecule has 0 spiro atoms. The van der Waals surface area contributed by atoms with E-state index in [9.17, 15) is 22.0 Å². The number of rotatable bonds is 1. The summed E-state index contributed by atoms with van der Waals surface area (Å²) >= 11 is 0. The van der Waals surface area contributed by atoms with Crippen LogP contribution in [0.5, 0.6) is 0 Å². The third-order valence-electron chi connectivity index (χ3n) is 2.87. The average molecular weight is 248 g/mol. The average Bonchev–Trinajstić information content (AvgIpc) is 2.36. The normalized spacial score (nSPS) is 19.7. The Bertz CT molecular complexity index is 449. The van der Waals surface area contributed by atoms with E-state index >= 15 is 0 Å².